The van der Waals surface area contributed by atoms with Crippen LogP contribution in [0.3, 0.4) is 0 Å². The Kier molecular flexibility index (Phi) is 6.60. The molecule has 0 aliphatic carbocycles. The van der Waals surface area contributed by atoms with Crippen molar-refractivity contribution in [2.24, 2.45) is 5.10 Å². The number of benzene rings is 3. The van der Waals surface area contributed by atoms with E-state index in [0.29, 0.717) is 27.6 Å². The summed E-state index contributed by atoms with van der Waals surface area (Å²) in [7, 11) is 1.56. The third kappa shape index (κ3) is 5.67. The molecule has 0 bridgehead atoms. The number of hydrogen-bond acceptors (Lipinski definition) is 5. The molecular formula is C22H17ClN2O4. The van der Waals surface area contributed by atoms with Gasteiger partial charge in [0.1, 0.15) is 11.5 Å². The first kappa shape index (κ1) is 20.1. The van der Waals surface area contributed by atoms with Gasteiger partial charge in [0, 0.05) is 10.6 Å². The molecule has 0 fully saturated rings. The Bertz CT molecular complexity index is 1010. The minimum Gasteiger partial charge on any atom is -0.497 e. The molecular weight excluding hydrogens is 392 g/mol. The standard InChI is InChI=1S/C22H17ClN2O4/c1-28-19-12-6-17(7-13-19)22(27)29-20-10-2-15(3-11-20)14-24-25-21(26)16-4-8-18(23)9-5-16/h2-14H,1H3,(H,25,26)/b24-14-. The van der Waals surface area contributed by atoms with E-state index in [0.717, 1.165) is 5.56 Å². The van der Waals surface area contributed by atoms with Gasteiger partial charge in [-0.2, -0.15) is 5.10 Å². The van der Waals surface area contributed by atoms with Crippen LogP contribution in [0.15, 0.2) is 77.9 Å². The van der Waals surface area contributed by atoms with Crippen LogP contribution in [0.1, 0.15) is 26.3 Å². The Labute approximate surface area is 172 Å². The summed E-state index contributed by atoms with van der Waals surface area (Å²) in [6, 6.07) is 19.8. The first-order chi connectivity index (χ1) is 14.0. The van der Waals surface area contributed by atoms with Gasteiger partial charge in [-0.05, 0) is 78.4 Å². The van der Waals surface area contributed by atoms with Gasteiger partial charge in [-0.25, -0.2) is 10.2 Å². The van der Waals surface area contributed by atoms with E-state index in [-0.39, 0.29) is 5.91 Å². The van der Waals surface area contributed by atoms with E-state index in [4.69, 9.17) is 21.1 Å². The summed E-state index contributed by atoms with van der Waals surface area (Å²) in [5.41, 5.74) is 4.03. The molecule has 0 saturated carbocycles. The maximum Gasteiger partial charge on any atom is 0.343 e. The average molecular weight is 409 g/mol. The van der Waals surface area contributed by atoms with Crippen LogP contribution in [0.4, 0.5) is 0 Å². The van der Waals surface area contributed by atoms with E-state index < -0.39 is 5.97 Å². The molecule has 3 aromatic carbocycles. The largest absolute Gasteiger partial charge is 0.497 e. The number of hydrazone groups is 1. The number of nitrogens with one attached hydrogen (secondary N) is 1. The minimum absolute atomic E-state index is 0.344. The van der Waals surface area contributed by atoms with Crippen LogP contribution in [0.5, 0.6) is 11.5 Å². The van der Waals surface area contributed by atoms with Crippen molar-refractivity contribution < 1.29 is 19.1 Å². The highest BCUT2D eigenvalue weighted by Gasteiger charge is 2.08. The van der Waals surface area contributed by atoms with Crippen LogP contribution in [0, 0.1) is 0 Å². The molecule has 1 amide bonds. The van der Waals surface area contributed by atoms with Gasteiger partial charge in [0.25, 0.3) is 5.91 Å². The lowest BCUT2D eigenvalue weighted by Gasteiger charge is -2.05. The lowest BCUT2D eigenvalue weighted by Crippen LogP contribution is -2.17. The van der Waals surface area contributed by atoms with Crippen molar-refractivity contribution >= 4 is 29.7 Å². The van der Waals surface area contributed by atoms with Gasteiger partial charge in [0.2, 0.25) is 0 Å². The van der Waals surface area contributed by atoms with Gasteiger partial charge in [0.05, 0.1) is 18.9 Å². The summed E-state index contributed by atoms with van der Waals surface area (Å²) in [6.07, 6.45) is 1.49. The third-order valence-corrected chi connectivity index (χ3v) is 4.15. The fourth-order valence-corrected chi connectivity index (χ4v) is 2.47. The third-order valence-electron chi connectivity index (χ3n) is 3.90. The van der Waals surface area contributed by atoms with Gasteiger partial charge in [0.15, 0.2) is 0 Å². The molecule has 6 nitrogen and oxygen atoms in total. The minimum atomic E-state index is -0.468. The average Bonchev–Trinajstić information content (AvgIpc) is 2.75. The Morgan fingerprint density at radius 2 is 1.45 bits per heavy atom. The van der Waals surface area contributed by atoms with Crippen LogP contribution in [0.25, 0.3) is 0 Å². The van der Waals surface area contributed by atoms with Gasteiger partial charge < -0.3 is 9.47 Å². The van der Waals surface area contributed by atoms with Crippen molar-refractivity contribution in [3.8, 4) is 11.5 Å². The molecule has 0 aliphatic heterocycles. The van der Waals surface area contributed by atoms with Crippen molar-refractivity contribution in [1.29, 1.82) is 0 Å². The predicted molar refractivity (Wildman–Crippen MR) is 111 cm³/mol. The zero-order valence-corrected chi connectivity index (χ0v) is 16.2. The van der Waals surface area contributed by atoms with E-state index >= 15 is 0 Å². The molecule has 3 aromatic rings. The van der Waals surface area contributed by atoms with Gasteiger partial charge in [-0.1, -0.05) is 11.6 Å². The van der Waals surface area contributed by atoms with E-state index in [9.17, 15) is 9.59 Å². The maximum atomic E-state index is 12.2. The highest BCUT2D eigenvalue weighted by Crippen LogP contribution is 2.16. The lowest BCUT2D eigenvalue weighted by molar-refractivity contribution is 0.0734. The molecule has 0 aliphatic rings. The van der Waals surface area contributed by atoms with E-state index in [2.05, 4.69) is 10.5 Å². The second-order valence-corrected chi connectivity index (χ2v) is 6.33. The molecule has 1 N–H and O–H groups in total. The second kappa shape index (κ2) is 9.52. The molecule has 146 valence electrons. The fraction of sp³-hybridized carbons (Fsp3) is 0.0455. The number of ether oxygens (including phenoxy) is 2. The van der Waals surface area contributed by atoms with Crippen molar-refractivity contribution in [3.63, 3.8) is 0 Å². The molecule has 7 heteroatoms. The number of hydrogen-bond donors (Lipinski definition) is 1. The zero-order chi connectivity index (χ0) is 20.6. The molecule has 29 heavy (non-hydrogen) atoms. The highest BCUT2D eigenvalue weighted by atomic mass is 35.5. The number of nitrogens with zero attached hydrogens (tertiary/aromatic N) is 1. The van der Waals surface area contributed by atoms with Gasteiger partial charge in [-0.3, -0.25) is 4.79 Å². The molecule has 0 unspecified atom stereocenters. The monoisotopic (exact) mass is 408 g/mol. The number of carbonyl (C=O) groups excluding carboxylic acids is 2. The van der Waals surface area contributed by atoms with E-state index in [1.807, 2.05) is 0 Å². The van der Waals surface area contributed by atoms with Gasteiger partial charge >= 0.3 is 5.97 Å². The topological polar surface area (TPSA) is 77.0 Å². The van der Waals surface area contributed by atoms with Crippen LogP contribution < -0.4 is 14.9 Å². The quantitative estimate of drug-likeness (QED) is 0.285. The molecule has 0 spiro atoms. The second-order valence-electron chi connectivity index (χ2n) is 5.89. The highest BCUT2D eigenvalue weighted by molar-refractivity contribution is 6.30. The van der Waals surface area contributed by atoms with E-state index in [1.165, 1.54) is 6.21 Å². The first-order valence-electron chi connectivity index (χ1n) is 8.60. The van der Waals surface area contributed by atoms with Crippen LogP contribution >= 0.6 is 11.6 Å². The SMILES string of the molecule is COc1ccc(C(=O)Oc2ccc(/C=N\NC(=O)c3ccc(Cl)cc3)cc2)cc1. The van der Waals surface area contributed by atoms with Crippen LogP contribution in [0.2, 0.25) is 5.02 Å². The number of amides is 1. The number of halogens is 1. The van der Waals surface area contributed by atoms with Crippen molar-refractivity contribution in [2.75, 3.05) is 7.11 Å². The maximum absolute atomic E-state index is 12.2. The summed E-state index contributed by atoms with van der Waals surface area (Å²) in [4.78, 5) is 24.1. The summed E-state index contributed by atoms with van der Waals surface area (Å²) in [5.74, 6) is 0.244. The summed E-state index contributed by atoms with van der Waals surface area (Å²) < 4.78 is 10.4. The van der Waals surface area contributed by atoms with E-state index in [1.54, 1.807) is 79.9 Å². The van der Waals surface area contributed by atoms with Crippen LogP contribution in [-0.4, -0.2) is 25.2 Å². The van der Waals surface area contributed by atoms with Crippen molar-refractivity contribution in [1.82, 2.24) is 5.43 Å². The fourth-order valence-electron chi connectivity index (χ4n) is 2.35. The molecule has 0 atom stereocenters. The molecule has 0 saturated heterocycles. The zero-order valence-electron chi connectivity index (χ0n) is 15.5. The number of methoxy groups -OCH3 is 1. The molecule has 0 heterocycles. The summed E-state index contributed by atoms with van der Waals surface area (Å²) >= 11 is 5.79. The molecule has 3 rings (SSSR count). The lowest BCUT2D eigenvalue weighted by atomic mass is 10.2. The Morgan fingerprint density at radius 3 is 2.07 bits per heavy atom. The van der Waals surface area contributed by atoms with Crippen LogP contribution in [-0.2, 0) is 0 Å². The Hall–Kier alpha value is -3.64. The molecule has 0 radical (unpaired) electrons. The van der Waals surface area contributed by atoms with Crippen molar-refractivity contribution in [3.05, 3.63) is 94.5 Å². The summed E-state index contributed by atoms with van der Waals surface area (Å²) in [6.45, 7) is 0. The number of esters is 1. The normalized spacial score (nSPS) is 10.6. The molecule has 0 aromatic heterocycles. The predicted octanol–water partition coefficient (Wildman–Crippen LogP) is 4.33. The summed E-state index contributed by atoms with van der Waals surface area (Å²) in [5, 5.41) is 4.47. The first-order valence-corrected chi connectivity index (χ1v) is 8.98. The Balaban J connectivity index is 1.55. The van der Waals surface area contributed by atoms with Crippen molar-refractivity contribution in [2.45, 2.75) is 0 Å². The Morgan fingerprint density at radius 1 is 0.862 bits per heavy atom. The van der Waals surface area contributed by atoms with Gasteiger partial charge in [-0.15, -0.1) is 0 Å². The number of rotatable bonds is 6. The number of carbonyl (C=O) groups is 2. The smallest absolute Gasteiger partial charge is 0.343 e.